The Balaban J connectivity index is 2.06. The Morgan fingerprint density at radius 1 is 1.10 bits per heavy atom. The summed E-state index contributed by atoms with van der Waals surface area (Å²) in [5, 5.41) is 4.45. The monoisotopic (exact) mass is 278 g/mol. The van der Waals surface area contributed by atoms with Crippen LogP contribution in [0.3, 0.4) is 0 Å². The van der Waals surface area contributed by atoms with Crippen LogP contribution in [0.4, 0.5) is 4.39 Å². The van der Waals surface area contributed by atoms with Gasteiger partial charge in [0, 0.05) is 25.0 Å². The number of ether oxygens (including phenoxy) is 2. The lowest BCUT2D eigenvalue weighted by atomic mass is 10.1. The third-order valence-corrected chi connectivity index (χ3v) is 2.82. The van der Waals surface area contributed by atoms with E-state index in [1.165, 1.54) is 12.1 Å². The van der Waals surface area contributed by atoms with E-state index in [1.807, 2.05) is 26.1 Å². The first-order valence-corrected chi connectivity index (χ1v) is 6.75. The maximum atomic E-state index is 12.9. The van der Waals surface area contributed by atoms with Crippen molar-refractivity contribution in [3.8, 4) is 11.3 Å². The second kappa shape index (κ2) is 7.17. The van der Waals surface area contributed by atoms with Gasteiger partial charge in [0.15, 0.2) is 6.29 Å². The molecule has 0 spiro atoms. The highest BCUT2D eigenvalue weighted by Gasteiger charge is 2.10. The van der Waals surface area contributed by atoms with Crippen molar-refractivity contribution in [2.45, 2.75) is 26.7 Å². The summed E-state index contributed by atoms with van der Waals surface area (Å²) in [5.74, 6) is -0.249. The lowest BCUT2D eigenvalue weighted by molar-refractivity contribution is -0.144. The van der Waals surface area contributed by atoms with Crippen molar-refractivity contribution < 1.29 is 13.9 Å². The molecule has 0 atom stereocenters. The molecule has 0 amide bonds. The van der Waals surface area contributed by atoms with Crippen LogP contribution < -0.4 is 0 Å². The summed E-state index contributed by atoms with van der Waals surface area (Å²) in [5.41, 5.74) is 1.69. The van der Waals surface area contributed by atoms with Gasteiger partial charge in [-0.1, -0.05) is 0 Å². The Morgan fingerprint density at radius 3 is 2.35 bits per heavy atom. The molecule has 5 heteroatoms. The molecule has 1 heterocycles. The van der Waals surface area contributed by atoms with E-state index in [1.54, 1.807) is 16.8 Å². The lowest BCUT2D eigenvalue weighted by Crippen LogP contribution is -2.23. The number of hydrogen-bond acceptors (Lipinski definition) is 3. The fraction of sp³-hybridized carbons (Fsp3) is 0.400. The summed E-state index contributed by atoms with van der Waals surface area (Å²) < 4.78 is 25.6. The molecule has 0 bridgehead atoms. The molecule has 0 aliphatic carbocycles. The topological polar surface area (TPSA) is 36.3 Å². The van der Waals surface area contributed by atoms with Crippen LogP contribution in [0.1, 0.15) is 13.8 Å². The minimum absolute atomic E-state index is 0.249. The molecule has 108 valence electrons. The average Bonchev–Trinajstić information content (AvgIpc) is 2.89. The van der Waals surface area contributed by atoms with Crippen molar-refractivity contribution >= 4 is 0 Å². The SMILES string of the molecule is CCOC(Cn1ccc(-c2ccc(F)cc2)n1)OCC. The Labute approximate surface area is 118 Å². The second-order valence-corrected chi connectivity index (χ2v) is 4.27. The predicted octanol–water partition coefficient (Wildman–Crippen LogP) is 3.09. The summed E-state index contributed by atoms with van der Waals surface area (Å²) >= 11 is 0. The fourth-order valence-electron chi connectivity index (χ4n) is 1.92. The van der Waals surface area contributed by atoms with Crippen LogP contribution in [-0.4, -0.2) is 29.3 Å². The number of benzene rings is 1. The number of rotatable bonds is 7. The van der Waals surface area contributed by atoms with Crippen LogP contribution in [0, 0.1) is 5.82 Å². The first-order chi connectivity index (χ1) is 9.72. The zero-order valence-corrected chi connectivity index (χ0v) is 11.8. The molecule has 2 aromatic rings. The summed E-state index contributed by atoms with van der Waals surface area (Å²) in [6, 6.07) is 8.17. The van der Waals surface area contributed by atoms with Crippen LogP contribution in [0.2, 0.25) is 0 Å². The molecule has 0 unspecified atom stereocenters. The van der Waals surface area contributed by atoms with Gasteiger partial charge in [-0.15, -0.1) is 0 Å². The lowest BCUT2D eigenvalue weighted by Gasteiger charge is -2.16. The van der Waals surface area contributed by atoms with E-state index >= 15 is 0 Å². The predicted molar refractivity (Wildman–Crippen MR) is 74.7 cm³/mol. The molecule has 0 saturated heterocycles. The Morgan fingerprint density at radius 2 is 1.75 bits per heavy atom. The van der Waals surface area contributed by atoms with E-state index in [2.05, 4.69) is 5.10 Å². The van der Waals surface area contributed by atoms with Gasteiger partial charge >= 0.3 is 0 Å². The second-order valence-electron chi connectivity index (χ2n) is 4.27. The maximum Gasteiger partial charge on any atom is 0.176 e. The van der Waals surface area contributed by atoms with E-state index < -0.39 is 0 Å². The van der Waals surface area contributed by atoms with Crippen LogP contribution in [0.15, 0.2) is 36.5 Å². The summed E-state index contributed by atoms with van der Waals surface area (Å²) in [6.45, 7) is 5.58. The highest BCUT2D eigenvalue weighted by molar-refractivity contribution is 5.58. The molecular formula is C15H19FN2O2. The number of halogens is 1. The van der Waals surface area contributed by atoms with Crippen LogP contribution in [0.5, 0.6) is 0 Å². The van der Waals surface area contributed by atoms with E-state index in [0.717, 1.165) is 11.3 Å². The van der Waals surface area contributed by atoms with Gasteiger partial charge in [0.25, 0.3) is 0 Å². The summed E-state index contributed by atoms with van der Waals surface area (Å²) in [7, 11) is 0. The Hall–Kier alpha value is -1.72. The van der Waals surface area contributed by atoms with Gasteiger partial charge < -0.3 is 9.47 Å². The molecule has 0 saturated carbocycles. The first-order valence-electron chi connectivity index (χ1n) is 6.75. The molecule has 0 aliphatic heterocycles. The zero-order valence-electron chi connectivity index (χ0n) is 11.8. The van der Waals surface area contributed by atoms with Gasteiger partial charge in [0.05, 0.1) is 12.2 Å². The van der Waals surface area contributed by atoms with Crippen molar-refractivity contribution in [2.24, 2.45) is 0 Å². The standard InChI is InChI=1S/C15H19FN2O2/c1-3-19-15(20-4-2)11-18-10-9-14(17-18)12-5-7-13(16)8-6-12/h5-10,15H,3-4,11H2,1-2H3. The molecule has 1 aromatic carbocycles. The molecule has 0 fully saturated rings. The van der Waals surface area contributed by atoms with E-state index in [-0.39, 0.29) is 12.1 Å². The van der Waals surface area contributed by atoms with Gasteiger partial charge in [-0.2, -0.15) is 5.10 Å². The average molecular weight is 278 g/mol. The number of aromatic nitrogens is 2. The van der Waals surface area contributed by atoms with Crippen LogP contribution in [-0.2, 0) is 16.0 Å². The van der Waals surface area contributed by atoms with Crippen molar-refractivity contribution in [1.29, 1.82) is 0 Å². The van der Waals surface area contributed by atoms with Gasteiger partial charge in [0.1, 0.15) is 5.82 Å². The van der Waals surface area contributed by atoms with Crippen molar-refractivity contribution in [2.75, 3.05) is 13.2 Å². The molecule has 0 radical (unpaired) electrons. The third-order valence-electron chi connectivity index (χ3n) is 2.82. The van der Waals surface area contributed by atoms with Gasteiger partial charge in [-0.3, -0.25) is 4.68 Å². The third kappa shape index (κ3) is 3.88. The number of nitrogens with zero attached hydrogens (tertiary/aromatic N) is 2. The molecular weight excluding hydrogens is 259 g/mol. The van der Waals surface area contributed by atoms with Crippen molar-refractivity contribution in [3.63, 3.8) is 0 Å². The minimum Gasteiger partial charge on any atom is -0.351 e. The summed E-state index contributed by atoms with van der Waals surface area (Å²) in [4.78, 5) is 0. The first kappa shape index (κ1) is 14.7. The van der Waals surface area contributed by atoms with Crippen LogP contribution >= 0.6 is 0 Å². The molecule has 0 aliphatic rings. The Bertz CT molecular complexity index is 519. The fourth-order valence-corrected chi connectivity index (χ4v) is 1.92. The van der Waals surface area contributed by atoms with E-state index in [4.69, 9.17) is 9.47 Å². The number of hydrogen-bond donors (Lipinski definition) is 0. The molecule has 2 rings (SSSR count). The van der Waals surface area contributed by atoms with Crippen molar-refractivity contribution in [1.82, 2.24) is 9.78 Å². The van der Waals surface area contributed by atoms with Gasteiger partial charge in [0.2, 0.25) is 0 Å². The highest BCUT2D eigenvalue weighted by atomic mass is 19.1. The normalized spacial score (nSPS) is 11.2. The molecule has 0 N–H and O–H groups in total. The highest BCUT2D eigenvalue weighted by Crippen LogP contribution is 2.17. The van der Waals surface area contributed by atoms with Crippen molar-refractivity contribution in [3.05, 3.63) is 42.3 Å². The zero-order chi connectivity index (χ0) is 14.4. The van der Waals surface area contributed by atoms with Gasteiger partial charge in [-0.05, 0) is 44.2 Å². The Kier molecular flexibility index (Phi) is 5.26. The molecule has 4 nitrogen and oxygen atoms in total. The van der Waals surface area contributed by atoms with E-state index in [9.17, 15) is 4.39 Å². The maximum absolute atomic E-state index is 12.9. The van der Waals surface area contributed by atoms with E-state index in [0.29, 0.717) is 19.8 Å². The molecule has 1 aromatic heterocycles. The van der Waals surface area contributed by atoms with Gasteiger partial charge in [-0.25, -0.2) is 4.39 Å². The smallest absolute Gasteiger partial charge is 0.176 e. The minimum atomic E-state index is -0.300. The largest absolute Gasteiger partial charge is 0.351 e. The quantitative estimate of drug-likeness (QED) is 0.730. The van der Waals surface area contributed by atoms with Crippen LogP contribution in [0.25, 0.3) is 11.3 Å². The summed E-state index contributed by atoms with van der Waals surface area (Å²) in [6.07, 6.45) is 1.56. The molecule has 20 heavy (non-hydrogen) atoms.